The maximum atomic E-state index is 12.0. The molecule has 1 N–H and O–H groups in total. The Morgan fingerprint density at radius 2 is 2.00 bits per heavy atom. The van der Waals surface area contributed by atoms with Crippen LogP contribution < -0.4 is 5.32 Å². The number of nitrogens with one attached hydrogen (secondary N) is 1. The summed E-state index contributed by atoms with van der Waals surface area (Å²) in [5.41, 5.74) is 4.43. The van der Waals surface area contributed by atoms with Crippen molar-refractivity contribution in [2.45, 2.75) is 32.2 Å². The third kappa shape index (κ3) is 4.02. The van der Waals surface area contributed by atoms with E-state index in [1.165, 1.54) is 5.56 Å². The summed E-state index contributed by atoms with van der Waals surface area (Å²) in [5, 5.41) is 2.95. The summed E-state index contributed by atoms with van der Waals surface area (Å²) in [6.45, 7) is 1.74. The molecule has 24 heavy (non-hydrogen) atoms. The highest BCUT2D eigenvalue weighted by atomic mass is 16.5. The molecule has 0 saturated heterocycles. The topological polar surface area (TPSA) is 55.4 Å². The van der Waals surface area contributed by atoms with E-state index in [1.807, 2.05) is 49.4 Å². The van der Waals surface area contributed by atoms with Gasteiger partial charge < -0.3 is 10.1 Å². The van der Waals surface area contributed by atoms with Gasteiger partial charge in [-0.3, -0.25) is 9.59 Å². The summed E-state index contributed by atoms with van der Waals surface area (Å²) in [6, 6.07) is 15.8. The molecule has 1 amide bonds. The standard InChI is InChI=1S/C20H21NO3/c1-14-5-4-6-15(11-14)12-20(23)24-13-19(22)21-18-10-9-16-7-2-3-8-17(16)18/h2-8,11,18H,9-10,12-13H2,1H3,(H,21,22)/t18-/m1/s1. The Morgan fingerprint density at radius 1 is 1.17 bits per heavy atom. The highest BCUT2D eigenvalue weighted by Gasteiger charge is 2.23. The first kappa shape index (κ1) is 16.2. The van der Waals surface area contributed by atoms with Crippen molar-refractivity contribution in [3.8, 4) is 0 Å². The molecule has 0 bridgehead atoms. The van der Waals surface area contributed by atoms with Gasteiger partial charge >= 0.3 is 5.97 Å². The number of hydrogen-bond donors (Lipinski definition) is 1. The maximum Gasteiger partial charge on any atom is 0.310 e. The molecule has 3 rings (SSSR count). The molecule has 1 aliphatic carbocycles. The molecule has 124 valence electrons. The highest BCUT2D eigenvalue weighted by molar-refractivity contribution is 5.81. The number of fused-ring (bicyclic) bond motifs is 1. The van der Waals surface area contributed by atoms with E-state index in [0.717, 1.165) is 29.5 Å². The molecule has 0 aliphatic heterocycles. The first-order valence-corrected chi connectivity index (χ1v) is 8.20. The minimum absolute atomic E-state index is 0.0178. The summed E-state index contributed by atoms with van der Waals surface area (Å²) in [4.78, 5) is 23.9. The lowest BCUT2D eigenvalue weighted by Gasteiger charge is -2.14. The van der Waals surface area contributed by atoms with Gasteiger partial charge in [-0.1, -0.05) is 54.1 Å². The number of carbonyl (C=O) groups excluding carboxylic acids is 2. The van der Waals surface area contributed by atoms with Crippen LogP contribution in [0.25, 0.3) is 0 Å². The van der Waals surface area contributed by atoms with Gasteiger partial charge in [0.25, 0.3) is 5.91 Å². The van der Waals surface area contributed by atoms with Gasteiger partial charge in [-0.25, -0.2) is 0 Å². The monoisotopic (exact) mass is 323 g/mol. The van der Waals surface area contributed by atoms with Crippen LogP contribution in [0.1, 0.15) is 34.7 Å². The van der Waals surface area contributed by atoms with E-state index in [0.29, 0.717) is 0 Å². The largest absolute Gasteiger partial charge is 0.455 e. The summed E-state index contributed by atoms with van der Waals surface area (Å²) in [5.74, 6) is -0.642. The average molecular weight is 323 g/mol. The van der Waals surface area contributed by atoms with E-state index in [4.69, 9.17) is 4.74 Å². The van der Waals surface area contributed by atoms with Crippen molar-refractivity contribution in [1.82, 2.24) is 5.32 Å². The van der Waals surface area contributed by atoms with E-state index in [-0.39, 0.29) is 30.9 Å². The second kappa shape index (κ2) is 7.30. The Labute approximate surface area is 141 Å². The molecule has 0 spiro atoms. The van der Waals surface area contributed by atoms with Crippen molar-refractivity contribution >= 4 is 11.9 Å². The number of ether oxygens (including phenoxy) is 1. The van der Waals surface area contributed by atoms with Crippen molar-refractivity contribution in [2.75, 3.05) is 6.61 Å². The van der Waals surface area contributed by atoms with Crippen LogP contribution in [0.2, 0.25) is 0 Å². The Balaban J connectivity index is 1.47. The van der Waals surface area contributed by atoms with Gasteiger partial charge in [0.15, 0.2) is 6.61 Å². The molecule has 0 saturated carbocycles. The lowest BCUT2D eigenvalue weighted by atomic mass is 10.1. The first-order chi connectivity index (χ1) is 11.6. The van der Waals surface area contributed by atoms with Crippen molar-refractivity contribution in [1.29, 1.82) is 0 Å². The lowest BCUT2D eigenvalue weighted by molar-refractivity contribution is -0.148. The van der Waals surface area contributed by atoms with E-state index in [2.05, 4.69) is 11.4 Å². The van der Waals surface area contributed by atoms with Crippen LogP contribution in [0.15, 0.2) is 48.5 Å². The molecule has 4 nitrogen and oxygen atoms in total. The second-order valence-electron chi connectivity index (χ2n) is 6.18. The van der Waals surface area contributed by atoms with Crippen LogP contribution in [0, 0.1) is 6.92 Å². The summed E-state index contributed by atoms with van der Waals surface area (Å²) in [6.07, 6.45) is 2.04. The number of carbonyl (C=O) groups is 2. The molecular formula is C20H21NO3. The Bertz CT molecular complexity index is 754. The normalized spacial score (nSPS) is 15.6. The second-order valence-corrected chi connectivity index (χ2v) is 6.18. The number of aryl methyl sites for hydroxylation is 2. The van der Waals surface area contributed by atoms with Crippen LogP contribution in [0.4, 0.5) is 0 Å². The summed E-state index contributed by atoms with van der Waals surface area (Å²) >= 11 is 0. The quantitative estimate of drug-likeness (QED) is 0.861. The zero-order valence-electron chi connectivity index (χ0n) is 13.7. The molecule has 0 heterocycles. The minimum atomic E-state index is -0.387. The molecule has 1 aliphatic rings. The van der Waals surface area contributed by atoms with Gasteiger partial charge in [0.2, 0.25) is 0 Å². The van der Waals surface area contributed by atoms with E-state index in [1.54, 1.807) is 0 Å². The summed E-state index contributed by atoms with van der Waals surface area (Å²) in [7, 11) is 0. The van der Waals surface area contributed by atoms with Crippen molar-refractivity contribution < 1.29 is 14.3 Å². The van der Waals surface area contributed by atoms with Gasteiger partial charge in [0.1, 0.15) is 0 Å². The molecule has 2 aromatic carbocycles. The Hall–Kier alpha value is -2.62. The van der Waals surface area contributed by atoms with Crippen molar-refractivity contribution in [3.05, 3.63) is 70.8 Å². The fraction of sp³-hybridized carbons (Fsp3) is 0.300. The van der Waals surface area contributed by atoms with E-state index >= 15 is 0 Å². The van der Waals surface area contributed by atoms with E-state index < -0.39 is 0 Å². The van der Waals surface area contributed by atoms with Crippen LogP contribution >= 0.6 is 0 Å². The fourth-order valence-corrected chi connectivity index (χ4v) is 3.13. The number of rotatable bonds is 5. The SMILES string of the molecule is Cc1cccc(CC(=O)OCC(=O)N[C@@H]2CCc3ccccc32)c1. The molecule has 0 aromatic heterocycles. The van der Waals surface area contributed by atoms with Crippen LogP contribution in [0.5, 0.6) is 0 Å². The molecule has 0 radical (unpaired) electrons. The lowest BCUT2D eigenvalue weighted by Crippen LogP contribution is -2.31. The minimum Gasteiger partial charge on any atom is -0.455 e. The first-order valence-electron chi connectivity index (χ1n) is 8.20. The molecule has 2 aromatic rings. The third-order valence-corrected chi connectivity index (χ3v) is 4.26. The van der Waals surface area contributed by atoms with Gasteiger partial charge in [0, 0.05) is 0 Å². The average Bonchev–Trinajstić information content (AvgIpc) is 2.96. The highest BCUT2D eigenvalue weighted by Crippen LogP contribution is 2.30. The van der Waals surface area contributed by atoms with Gasteiger partial charge in [0.05, 0.1) is 12.5 Å². The van der Waals surface area contributed by atoms with Gasteiger partial charge in [-0.05, 0) is 36.5 Å². The van der Waals surface area contributed by atoms with Gasteiger partial charge in [-0.2, -0.15) is 0 Å². The number of esters is 1. The number of hydrogen-bond acceptors (Lipinski definition) is 3. The zero-order chi connectivity index (χ0) is 16.9. The molecule has 0 fully saturated rings. The van der Waals surface area contributed by atoms with E-state index in [9.17, 15) is 9.59 Å². The number of benzene rings is 2. The van der Waals surface area contributed by atoms with Crippen molar-refractivity contribution in [2.24, 2.45) is 0 Å². The zero-order valence-corrected chi connectivity index (χ0v) is 13.7. The molecule has 0 unspecified atom stereocenters. The van der Waals surface area contributed by atoms with Crippen LogP contribution in [0.3, 0.4) is 0 Å². The molecule has 1 atom stereocenters. The van der Waals surface area contributed by atoms with Crippen LogP contribution in [-0.4, -0.2) is 18.5 Å². The van der Waals surface area contributed by atoms with Gasteiger partial charge in [-0.15, -0.1) is 0 Å². The molecular weight excluding hydrogens is 302 g/mol. The summed E-state index contributed by atoms with van der Waals surface area (Å²) < 4.78 is 5.09. The fourth-order valence-electron chi connectivity index (χ4n) is 3.13. The maximum absolute atomic E-state index is 12.0. The third-order valence-electron chi connectivity index (χ3n) is 4.26. The predicted octanol–water partition coefficient (Wildman–Crippen LogP) is 2.88. The smallest absolute Gasteiger partial charge is 0.310 e. The van der Waals surface area contributed by atoms with Crippen molar-refractivity contribution in [3.63, 3.8) is 0 Å². The predicted molar refractivity (Wildman–Crippen MR) is 91.5 cm³/mol. The Morgan fingerprint density at radius 3 is 2.83 bits per heavy atom. The number of amides is 1. The Kier molecular flexibility index (Phi) is 4.94. The van der Waals surface area contributed by atoms with Crippen LogP contribution in [-0.2, 0) is 27.2 Å². The molecule has 4 heteroatoms.